The SMILES string of the molecule is CCc1ccc(C2CCC(Oc3ccc(N)cc3N)CC2)cc1. The molecule has 23 heavy (non-hydrogen) atoms. The standard InChI is InChI=1S/C20H26N2O/c1-2-14-3-5-15(6-4-14)16-7-10-18(11-8-16)23-20-12-9-17(21)13-19(20)22/h3-6,9,12-13,16,18H,2,7-8,10-11,21-22H2,1H3. The van der Waals surface area contributed by atoms with E-state index in [9.17, 15) is 0 Å². The lowest BCUT2D eigenvalue weighted by Crippen LogP contribution is -2.23. The van der Waals surface area contributed by atoms with Gasteiger partial charge in [0.2, 0.25) is 0 Å². The maximum absolute atomic E-state index is 6.08. The van der Waals surface area contributed by atoms with Gasteiger partial charge in [-0.15, -0.1) is 0 Å². The molecule has 1 fully saturated rings. The van der Waals surface area contributed by atoms with Crippen LogP contribution in [0.15, 0.2) is 42.5 Å². The Balaban J connectivity index is 1.57. The van der Waals surface area contributed by atoms with Crippen molar-refractivity contribution in [2.24, 2.45) is 0 Å². The normalized spacial score (nSPS) is 21.1. The average molecular weight is 310 g/mol. The van der Waals surface area contributed by atoms with E-state index < -0.39 is 0 Å². The van der Waals surface area contributed by atoms with Gasteiger partial charge in [-0.3, -0.25) is 0 Å². The van der Waals surface area contributed by atoms with E-state index >= 15 is 0 Å². The van der Waals surface area contributed by atoms with Gasteiger partial charge in [-0.25, -0.2) is 0 Å². The van der Waals surface area contributed by atoms with Gasteiger partial charge < -0.3 is 16.2 Å². The van der Waals surface area contributed by atoms with E-state index in [1.54, 1.807) is 6.07 Å². The smallest absolute Gasteiger partial charge is 0.142 e. The summed E-state index contributed by atoms with van der Waals surface area (Å²) in [6, 6.07) is 14.6. The van der Waals surface area contributed by atoms with Crippen molar-refractivity contribution >= 4 is 11.4 Å². The van der Waals surface area contributed by atoms with Gasteiger partial charge >= 0.3 is 0 Å². The molecule has 122 valence electrons. The molecule has 3 rings (SSSR count). The van der Waals surface area contributed by atoms with Crippen molar-refractivity contribution in [2.75, 3.05) is 11.5 Å². The van der Waals surface area contributed by atoms with Crippen LogP contribution in [0, 0.1) is 0 Å². The van der Waals surface area contributed by atoms with Crippen LogP contribution in [-0.2, 0) is 6.42 Å². The van der Waals surface area contributed by atoms with Crippen molar-refractivity contribution in [3.8, 4) is 5.75 Å². The van der Waals surface area contributed by atoms with Gasteiger partial charge in [0.1, 0.15) is 5.75 Å². The first-order valence-corrected chi connectivity index (χ1v) is 8.56. The first kappa shape index (κ1) is 15.7. The van der Waals surface area contributed by atoms with E-state index in [0.29, 0.717) is 17.3 Å². The van der Waals surface area contributed by atoms with Crippen molar-refractivity contribution in [1.29, 1.82) is 0 Å². The fourth-order valence-corrected chi connectivity index (χ4v) is 3.39. The molecule has 0 aromatic heterocycles. The summed E-state index contributed by atoms with van der Waals surface area (Å²) in [4.78, 5) is 0. The van der Waals surface area contributed by atoms with Crippen LogP contribution in [0.3, 0.4) is 0 Å². The fraction of sp³-hybridized carbons (Fsp3) is 0.400. The molecule has 0 saturated heterocycles. The van der Waals surface area contributed by atoms with Crippen LogP contribution in [0.5, 0.6) is 5.75 Å². The molecule has 4 N–H and O–H groups in total. The molecule has 0 atom stereocenters. The van der Waals surface area contributed by atoms with Crippen molar-refractivity contribution in [1.82, 2.24) is 0 Å². The summed E-state index contributed by atoms with van der Waals surface area (Å²) < 4.78 is 6.08. The predicted molar refractivity (Wildman–Crippen MR) is 96.7 cm³/mol. The van der Waals surface area contributed by atoms with Crippen LogP contribution in [0.2, 0.25) is 0 Å². The zero-order chi connectivity index (χ0) is 16.2. The molecular formula is C20H26N2O. The summed E-state index contributed by atoms with van der Waals surface area (Å²) in [5.41, 5.74) is 15.9. The number of anilines is 2. The van der Waals surface area contributed by atoms with Crippen LogP contribution in [0.25, 0.3) is 0 Å². The van der Waals surface area contributed by atoms with E-state index in [4.69, 9.17) is 16.2 Å². The summed E-state index contributed by atoms with van der Waals surface area (Å²) in [5.74, 6) is 1.42. The lowest BCUT2D eigenvalue weighted by Gasteiger charge is -2.29. The van der Waals surface area contributed by atoms with Gasteiger partial charge in [-0.2, -0.15) is 0 Å². The Morgan fingerprint density at radius 1 is 0.957 bits per heavy atom. The fourth-order valence-electron chi connectivity index (χ4n) is 3.39. The molecule has 3 heteroatoms. The number of nitrogens with two attached hydrogens (primary N) is 2. The second-order valence-corrected chi connectivity index (χ2v) is 6.48. The second-order valence-electron chi connectivity index (χ2n) is 6.48. The highest BCUT2D eigenvalue weighted by atomic mass is 16.5. The quantitative estimate of drug-likeness (QED) is 0.816. The number of benzene rings is 2. The number of hydrogen-bond donors (Lipinski definition) is 2. The summed E-state index contributed by atoms with van der Waals surface area (Å²) >= 11 is 0. The second kappa shape index (κ2) is 6.95. The van der Waals surface area contributed by atoms with Crippen LogP contribution in [0.1, 0.15) is 49.7 Å². The van der Waals surface area contributed by atoms with Crippen molar-refractivity contribution in [3.05, 3.63) is 53.6 Å². The Bertz CT molecular complexity index is 643. The third-order valence-electron chi connectivity index (χ3n) is 4.86. The molecule has 1 saturated carbocycles. The van der Waals surface area contributed by atoms with Crippen LogP contribution in [0.4, 0.5) is 11.4 Å². The lowest BCUT2D eigenvalue weighted by atomic mass is 9.82. The summed E-state index contributed by atoms with van der Waals surface area (Å²) in [5, 5.41) is 0. The lowest BCUT2D eigenvalue weighted by molar-refractivity contribution is 0.147. The first-order valence-electron chi connectivity index (χ1n) is 8.56. The van der Waals surface area contributed by atoms with E-state index in [2.05, 4.69) is 31.2 Å². The first-order chi connectivity index (χ1) is 11.2. The topological polar surface area (TPSA) is 61.3 Å². The summed E-state index contributed by atoms with van der Waals surface area (Å²) in [6.07, 6.45) is 5.85. The highest BCUT2D eigenvalue weighted by Crippen LogP contribution is 2.35. The Morgan fingerprint density at radius 3 is 2.26 bits per heavy atom. The minimum Gasteiger partial charge on any atom is -0.488 e. The molecule has 3 nitrogen and oxygen atoms in total. The molecule has 0 unspecified atom stereocenters. The highest BCUT2D eigenvalue weighted by Gasteiger charge is 2.24. The molecule has 0 aliphatic heterocycles. The zero-order valence-electron chi connectivity index (χ0n) is 13.8. The summed E-state index contributed by atoms with van der Waals surface area (Å²) in [7, 11) is 0. The minimum atomic E-state index is 0.257. The van der Waals surface area contributed by atoms with Gasteiger partial charge in [0, 0.05) is 5.69 Å². The Hall–Kier alpha value is -2.16. The Morgan fingerprint density at radius 2 is 1.65 bits per heavy atom. The Kier molecular flexibility index (Phi) is 4.75. The van der Waals surface area contributed by atoms with Gasteiger partial charge in [0.05, 0.1) is 11.8 Å². The molecule has 0 amide bonds. The zero-order valence-corrected chi connectivity index (χ0v) is 13.8. The van der Waals surface area contributed by atoms with Crippen molar-refractivity contribution < 1.29 is 4.74 Å². The molecule has 1 aliphatic rings. The maximum Gasteiger partial charge on any atom is 0.142 e. The molecule has 2 aromatic rings. The van der Waals surface area contributed by atoms with Crippen LogP contribution >= 0.6 is 0 Å². The van der Waals surface area contributed by atoms with E-state index in [-0.39, 0.29) is 6.10 Å². The highest BCUT2D eigenvalue weighted by molar-refractivity contribution is 5.60. The molecular weight excluding hydrogens is 284 g/mol. The molecule has 0 radical (unpaired) electrons. The predicted octanol–water partition coefficient (Wildman–Crippen LogP) is 4.52. The summed E-state index contributed by atoms with van der Waals surface area (Å²) in [6.45, 7) is 2.19. The van der Waals surface area contributed by atoms with E-state index in [1.807, 2.05) is 12.1 Å². The van der Waals surface area contributed by atoms with Gasteiger partial charge in [-0.1, -0.05) is 31.2 Å². The van der Waals surface area contributed by atoms with Gasteiger partial charge in [-0.05, 0) is 67.3 Å². The molecule has 0 heterocycles. The molecule has 1 aliphatic carbocycles. The molecule has 0 bridgehead atoms. The van der Waals surface area contributed by atoms with E-state index in [1.165, 1.54) is 24.0 Å². The van der Waals surface area contributed by atoms with Crippen molar-refractivity contribution in [2.45, 2.75) is 51.0 Å². The number of hydrogen-bond acceptors (Lipinski definition) is 3. The van der Waals surface area contributed by atoms with Gasteiger partial charge in [0.15, 0.2) is 0 Å². The number of rotatable bonds is 4. The number of aryl methyl sites for hydroxylation is 1. The largest absolute Gasteiger partial charge is 0.488 e. The molecule has 0 spiro atoms. The maximum atomic E-state index is 6.08. The van der Waals surface area contributed by atoms with Crippen molar-refractivity contribution in [3.63, 3.8) is 0 Å². The number of nitrogen functional groups attached to an aromatic ring is 2. The third-order valence-corrected chi connectivity index (χ3v) is 4.86. The van der Waals surface area contributed by atoms with Gasteiger partial charge in [0.25, 0.3) is 0 Å². The molecule has 2 aromatic carbocycles. The third kappa shape index (κ3) is 3.79. The van der Waals surface area contributed by atoms with Crippen LogP contribution < -0.4 is 16.2 Å². The van der Waals surface area contributed by atoms with E-state index in [0.717, 1.165) is 25.0 Å². The minimum absolute atomic E-state index is 0.257. The number of ether oxygens (including phenoxy) is 1. The monoisotopic (exact) mass is 310 g/mol. The average Bonchev–Trinajstić information content (AvgIpc) is 2.58. The Labute approximate surface area is 138 Å². The van der Waals surface area contributed by atoms with Crippen LogP contribution in [-0.4, -0.2) is 6.10 Å².